The molecule has 4 heteroatoms. The molecule has 1 aromatic heterocycles. The van der Waals surface area contributed by atoms with Gasteiger partial charge in [0, 0.05) is 18.5 Å². The molecule has 0 aliphatic rings. The lowest BCUT2D eigenvalue weighted by Crippen LogP contribution is -2.84. The summed E-state index contributed by atoms with van der Waals surface area (Å²) in [4.78, 5) is 17.6. The van der Waals surface area contributed by atoms with Crippen molar-refractivity contribution >= 4 is 10.9 Å². The van der Waals surface area contributed by atoms with E-state index in [1.807, 2.05) is 41.8 Å². The summed E-state index contributed by atoms with van der Waals surface area (Å²) in [6.45, 7) is 5.67. The Morgan fingerprint density at radius 1 is 1.04 bits per heavy atom. The van der Waals surface area contributed by atoms with Crippen molar-refractivity contribution in [3.63, 3.8) is 0 Å². The van der Waals surface area contributed by atoms with Crippen LogP contribution in [-0.2, 0) is 13.1 Å². The number of fused-ring (bicyclic) bond motifs is 1. The van der Waals surface area contributed by atoms with Gasteiger partial charge in [-0.1, -0.05) is 49.4 Å². The first kappa shape index (κ1) is 16.4. The van der Waals surface area contributed by atoms with E-state index in [4.69, 9.17) is 4.98 Å². The lowest BCUT2D eigenvalue weighted by atomic mass is 10.1. The lowest BCUT2D eigenvalue weighted by Gasteiger charge is -2.18. The van der Waals surface area contributed by atoms with E-state index < -0.39 is 0 Å². The fourth-order valence-corrected chi connectivity index (χ4v) is 3.12. The minimum atomic E-state index is 0.0599. The quantitative estimate of drug-likeness (QED) is 0.758. The standard InChI is InChI=1S/C20H23N3O/c1-3-17(21-14-15-10-6-5-7-11-15)19-22-18-13-9-8-12-16(18)20(24)23(19)4-2/h5-13,17,21H,3-4,14H2,1-2H3/p+1/t17-/m1/s1. The van der Waals surface area contributed by atoms with Crippen LogP contribution in [0.15, 0.2) is 59.4 Å². The SMILES string of the molecule is CC[C@@H]([NH2+]Cc1ccccc1)c1nc2ccccc2c(=O)n1CC. The van der Waals surface area contributed by atoms with Crippen molar-refractivity contribution in [3.05, 3.63) is 76.3 Å². The molecule has 1 heterocycles. The average molecular weight is 322 g/mol. The van der Waals surface area contributed by atoms with E-state index in [2.05, 4.69) is 36.5 Å². The highest BCUT2D eigenvalue weighted by Crippen LogP contribution is 2.14. The number of aromatic nitrogens is 2. The largest absolute Gasteiger partial charge is 0.334 e. The monoisotopic (exact) mass is 322 g/mol. The molecular weight excluding hydrogens is 298 g/mol. The molecule has 0 spiro atoms. The van der Waals surface area contributed by atoms with Gasteiger partial charge in [-0.25, -0.2) is 4.98 Å². The predicted molar refractivity (Wildman–Crippen MR) is 96.8 cm³/mol. The number of quaternary nitrogens is 1. The zero-order chi connectivity index (χ0) is 16.9. The molecule has 0 amide bonds. The van der Waals surface area contributed by atoms with Crippen molar-refractivity contribution < 1.29 is 5.32 Å². The van der Waals surface area contributed by atoms with Crippen molar-refractivity contribution in [2.45, 2.75) is 39.4 Å². The number of hydrogen-bond acceptors (Lipinski definition) is 2. The van der Waals surface area contributed by atoms with Gasteiger partial charge in [0.25, 0.3) is 5.56 Å². The molecule has 124 valence electrons. The summed E-state index contributed by atoms with van der Waals surface area (Å²) < 4.78 is 1.82. The highest BCUT2D eigenvalue weighted by molar-refractivity contribution is 5.77. The second-order valence-corrected chi connectivity index (χ2v) is 5.98. The zero-order valence-electron chi connectivity index (χ0n) is 14.3. The summed E-state index contributed by atoms with van der Waals surface area (Å²) >= 11 is 0. The van der Waals surface area contributed by atoms with E-state index in [-0.39, 0.29) is 11.6 Å². The van der Waals surface area contributed by atoms with Gasteiger partial charge in [0.05, 0.1) is 10.9 Å². The van der Waals surface area contributed by atoms with Gasteiger partial charge in [-0.3, -0.25) is 9.36 Å². The third-order valence-corrected chi connectivity index (χ3v) is 4.46. The van der Waals surface area contributed by atoms with Gasteiger partial charge < -0.3 is 5.32 Å². The van der Waals surface area contributed by atoms with E-state index in [1.54, 1.807) is 0 Å². The Hall–Kier alpha value is -2.46. The Labute approximate surface area is 142 Å². The van der Waals surface area contributed by atoms with E-state index >= 15 is 0 Å². The van der Waals surface area contributed by atoms with Crippen LogP contribution >= 0.6 is 0 Å². The molecule has 0 aliphatic heterocycles. The lowest BCUT2D eigenvalue weighted by molar-refractivity contribution is -0.712. The van der Waals surface area contributed by atoms with Crippen LogP contribution in [0.5, 0.6) is 0 Å². The molecule has 0 radical (unpaired) electrons. The number of nitrogens with two attached hydrogens (primary N) is 1. The van der Waals surface area contributed by atoms with E-state index in [0.717, 1.165) is 24.3 Å². The zero-order valence-corrected chi connectivity index (χ0v) is 14.3. The van der Waals surface area contributed by atoms with Crippen LogP contribution in [0.4, 0.5) is 0 Å². The van der Waals surface area contributed by atoms with Crippen molar-refractivity contribution in [1.29, 1.82) is 0 Å². The minimum Gasteiger partial charge on any atom is -0.334 e. The van der Waals surface area contributed by atoms with Crippen molar-refractivity contribution in [2.75, 3.05) is 0 Å². The van der Waals surface area contributed by atoms with Crippen LogP contribution in [0.3, 0.4) is 0 Å². The molecule has 1 atom stereocenters. The maximum Gasteiger partial charge on any atom is 0.261 e. The normalized spacial score (nSPS) is 12.4. The van der Waals surface area contributed by atoms with Gasteiger partial charge >= 0.3 is 0 Å². The summed E-state index contributed by atoms with van der Waals surface area (Å²) in [7, 11) is 0. The fourth-order valence-electron chi connectivity index (χ4n) is 3.12. The summed E-state index contributed by atoms with van der Waals surface area (Å²) in [5.41, 5.74) is 2.13. The minimum absolute atomic E-state index is 0.0599. The van der Waals surface area contributed by atoms with Crippen LogP contribution in [0.1, 0.15) is 37.7 Å². The van der Waals surface area contributed by atoms with Gasteiger partial charge in [-0.05, 0) is 19.1 Å². The molecule has 3 aromatic rings. The Bertz CT molecular complexity index is 871. The first-order valence-corrected chi connectivity index (χ1v) is 8.61. The second kappa shape index (κ2) is 7.41. The fraction of sp³-hybridized carbons (Fsp3) is 0.300. The Balaban J connectivity index is 1.97. The molecule has 0 saturated heterocycles. The summed E-state index contributed by atoms with van der Waals surface area (Å²) in [6.07, 6.45) is 0.928. The predicted octanol–water partition coefficient (Wildman–Crippen LogP) is 2.63. The van der Waals surface area contributed by atoms with Gasteiger partial charge in [0.2, 0.25) is 0 Å². The van der Waals surface area contributed by atoms with E-state index in [0.29, 0.717) is 11.9 Å². The van der Waals surface area contributed by atoms with Crippen LogP contribution in [0.2, 0.25) is 0 Å². The van der Waals surface area contributed by atoms with Crippen molar-refractivity contribution in [1.82, 2.24) is 9.55 Å². The smallest absolute Gasteiger partial charge is 0.261 e. The van der Waals surface area contributed by atoms with Gasteiger partial charge in [-0.2, -0.15) is 0 Å². The number of hydrogen-bond donors (Lipinski definition) is 1. The van der Waals surface area contributed by atoms with E-state index in [1.165, 1.54) is 5.56 Å². The van der Waals surface area contributed by atoms with Gasteiger partial charge in [0.1, 0.15) is 12.6 Å². The third kappa shape index (κ3) is 3.24. The number of para-hydroxylation sites is 1. The molecule has 2 aromatic carbocycles. The summed E-state index contributed by atoms with van der Waals surface area (Å²) in [5, 5.41) is 2.97. The molecule has 0 fully saturated rings. The van der Waals surface area contributed by atoms with Crippen LogP contribution in [0, 0.1) is 0 Å². The van der Waals surface area contributed by atoms with Gasteiger partial charge in [-0.15, -0.1) is 0 Å². The Morgan fingerprint density at radius 2 is 1.75 bits per heavy atom. The molecule has 24 heavy (non-hydrogen) atoms. The average Bonchev–Trinajstić information content (AvgIpc) is 2.63. The third-order valence-electron chi connectivity index (χ3n) is 4.46. The van der Waals surface area contributed by atoms with Crippen LogP contribution in [-0.4, -0.2) is 9.55 Å². The Morgan fingerprint density at radius 3 is 2.46 bits per heavy atom. The van der Waals surface area contributed by atoms with Crippen molar-refractivity contribution in [3.8, 4) is 0 Å². The van der Waals surface area contributed by atoms with Gasteiger partial charge in [0.15, 0.2) is 5.82 Å². The maximum absolute atomic E-state index is 12.8. The molecule has 3 rings (SSSR count). The first-order valence-electron chi connectivity index (χ1n) is 8.61. The summed E-state index contributed by atoms with van der Waals surface area (Å²) in [6, 6.07) is 18.2. The van der Waals surface area contributed by atoms with E-state index in [9.17, 15) is 4.79 Å². The number of benzene rings is 2. The number of rotatable bonds is 6. The molecule has 0 saturated carbocycles. The first-order chi connectivity index (χ1) is 11.7. The molecule has 4 nitrogen and oxygen atoms in total. The molecule has 0 bridgehead atoms. The topological polar surface area (TPSA) is 51.5 Å². The van der Waals surface area contributed by atoms with Crippen LogP contribution in [0.25, 0.3) is 10.9 Å². The second-order valence-electron chi connectivity index (χ2n) is 5.98. The highest BCUT2D eigenvalue weighted by Gasteiger charge is 2.20. The summed E-state index contributed by atoms with van der Waals surface area (Å²) in [5.74, 6) is 0.875. The highest BCUT2D eigenvalue weighted by atomic mass is 16.1. The Kier molecular flexibility index (Phi) is 5.06. The van der Waals surface area contributed by atoms with Crippen molar-refractivity contribution in [2.24, 2.45) is 0 Å². The molecule has 0 aliphatic carbocycles. The molecular formula is C20H24N3O+. The molecule has 2 N–H and O–H groups in total. The number of nitrogens with zero attached hydrogens (tertiary/aromatic N) is 2. The molecule has 0 unspecified atom stereocenters. The maximum atomic E-state index is 12.8. The van der Waals surface area contributed by atoms with Crippen LogP contribution < -0.4 is 10.9 Å².